The molecule has 0 rings (SSSR count). The van der Waals surface area contributed by atoms with E-state index in [1.54, 1.807) is 52.0 Å². The molecule has 0 fully saturated rings. The summed E-state index contributed by atoms with van der Waals surface area (Å²) in [6, 6.07) is 0. The van der Waals surface area contributed by atoms with Gasteiger partial charge in [-0.3, -0.25) is 4.79 Å². The highest BCUT2D eigenvalue weighted by atomic mass is 19.4. The van der Waals surface area contributed by atoms with Gasteiger partial charge < -0.3 is 0 Å². The summed E-state index contributed by atoms with van der Waals surface area (Å²) >= 11 is 0. The average Bonchev–Trinajstić information content (AvgIpc) is 2.50. The number of nitrogens with zero attached hydrogens (tertiary/aromatic N) is 1. The van der Waals surface area contributed by atoms with Crippen LogP contribution in [0.1, 0.15) is 41.5 Å². The summed E-state index contributed by atoms with van der Waals surface area (Å²) in [4.78, 5) is 15.3. The third-order valence-corrected chi connectivity index (χ3v) is 3.22. The minimum Gasteiger partial charge on any atom is -0.293 e. The first-order chi connectivity index (χ1) is 11.1. The van der Waals surface area contributed by atoms with Gasteiger partial charge in [-0.1, -0.05) is 30.4 Å². The van der Waals surface area contributed by atoms with Crippen molar-refractivity contribution in [2.45, 2.75) is 47.7 Å². The van der Waals surface area contributed by atoms with E-state index in [1.165, 1.54) is 19.9 Å². The summed E-state index contributed by atoms with van der Waals surface area (Å²) in [5.74, 6) is -0.382. The zero-order valence-corrected chi connectivity index (χ0v) is 15.0. The van der Waals surface area contributed by atoms with E-state index in [-0.39, 0.29) is 17.2 Å². The van der Waals surface area contributed by atoms with Crippen LogP contribution >= 0.6 is 0 Å². The van der Waals surface area contributed by atoms with Crippen molar-refractivity contribution in [1.29, 1.82) is 0 Å². The van der Waals surface area contributed by atoms with Crippen LogP contribution in [-0.2, 0) is 4.79 Å². The number of alkyl halides is 3. The average molecular weight is 339 g/mol. The van der Waals surface area contributed by atoms with Gasteiger partial charge in [0.05, 0.1) is 11.3 Å². The van der Waals surface area contributed by atoms with E-state index in [4.69, 9.17) is 0 Å². The molecule has 0 bridgehead atoms. The van der Waals surface area contributed by atoms with E-state index in [2.05, 4.69) is 4.99 Å². The van der Waals surface area contributed by atoms with Crippen LogP contribution in [0, 0.1) is 0 Å². The van der Waals surface area contributed by atoms with Gasteiger partial charge in [0, 0.05) is 6.92 Å². The highest BCUT2D eigenvalue weighted by Crippen LogP contribution is 2.30. The predicted octanol–water partition coefficient (Wildman–Crippen LogP) is 5.90. The second-order valence-corrected chi connectivity index (χ2v) is 4.97. The second kappa shape index (κ2) is 9.85. The third-order valence-electron chi connectivity index (χ3n) is 3.22. The minimum atomic E-state index is -4.58. The molecule has 0 aromatic carbocycles. The maximum absolute atomic E-state index is 13.5. The van der Waals surface area contributed by atoms with Crippen molar-refractivity contribution in [2.24, 2.45) is 4.99 Å². The van der Waals surface area contributed by atoms with E-state index in [1.807, 2.05) is 0 Å². The van der Waals surface area contributed by atoms with Crippen molar-refractivity contribution in [1.82, 2.24) is 0 Å². The van der Waals surface area contributed by atoms with Gasteiger partial charge in [0.25, 0.3) is 0 Å². The summed E-state index contributed by atoms with van der Waals surface area (Å²) < 4.78 is 40.4. The van der Waals surface area contributed by atoms with Crippen molar-refractivity contribution in [2.75, 3.05) is 0 Å². The molecule has 0 spiro atoms. The fraction of sp³-hybridized carbons (Fsp3) is 0.368. The number of hydrogen-bond acceptors (Lipinski definition) is 2. The topological polar surface area (TPSA) is 29.4 Å². The van der Waals surface area contributed by atoms with Gasteiger partial charge in [-0.05, 0) is 51.8 Å². The van der Waals surface area contributed by atoms with E-state index >= 15 is 0 Å². The molecule has 0 aromatic rings. The Hall–Kier alpha value is -2.17. The molecular weight excluding hydrogens is 315 g/mol. The fourth-order valence-electron chi connectivity index (χ4n) is 2.01. The largest absolute Gasteiger partial charge is 0.418 e. The highest BCUT2D eigenvalue weighted by molar-refractivity contribution is 6.04. The Morgan fingerprint density at radius 3 is 1.79 bits per heavy atom. The van der Waals surface area contributed by atoms with E-state index in [0.29, 0.717) is 11.1 Å². The Kier molecular flexibility index (Phi) is 8.96. The van der Waals surface area contributed by atoms with Crippen molar-refractivity contribution in [3.8, 4) is 0 Å². The first kappa shape index (κ1) is 21.8. The smallest absolute Gasteiger partial charge is 0.293 e. The van der Waals surface area contributed by atoms with E-state index in [0.717, 1.165) is 6.08 Å². The first-order valence-electron chi connectivity index (χ1n) is 7.59. The zero-order chi connectivity index (χ0) is 18.9. The van der Waals surface area contributed by atoms with Crippen molar-refractivity contribution < 1.29 is 18.0 Å². The van der Waals surface area contributed by atoms with Gasteiger partial charge in [-0.15, -0.1) is 0 Å². The second-order valence-electron chi connectivity index (χ2n) is 4.97. The summed E-state index contributed by atoms with van der Waals surface area (Å²) in [6.45, 7) is 9.31. The van der Waals surface area contributed by atoms with Gasteiger partial charge in [0.15, 0.2) is 5.78 Å². The van der Waals surface area contributed by atoms with Crippen LogP contribution < -0.4 is 0 Å². The van der Waals surface area contributed by atoms with Gasteiger partial charge in [-0.25, -0.2) is 4.99 Å². The lowest BCUT2D eigenvalue weighted by atomic mass is 10.00. The Morgan fingerprint density at radius 2 is 1.46 bits per heavy atom. The molecule has 2 nitrogen and oxygen atoms in total. The Balaban J connectivity index is 6.24. The lowest BCUT2D eigenvalue weighted by Gasteiger charge is -2.14. The molecule has 0 aromatic heterocycles. The standard InChI is InChI=1S/C19H24F3NO/c1-7-11-15(8-2)16(9-3)12-17(19(20,21)22)13(5)23-18(10-4)14(6)24/h7-12H,1-6H3/b11-7-,15-8+,16-9+,17-12+,18-10-,23-13+. The number of ketones is 1. The maximum atomic E-state index is 13.5. The number of allylic oxidation sites excluding steroid dienone is 10. The molecule has 0 aliphatic rings. The molecule has 0 saturated heterocycles. The van der Waals surface area contributed by atoms with Gasteiger partial charge in [0.1, 0.15) is 5.70 Å². The van der Waals surface area contributed by atoms with Gasteiger partial charge >= 0.3 is 6.18 Å². The van der Waals surface area contributed by atoms with Gasteiger partial charge in [-0.2, -0.15) is 13.2 Å². The molecule has 5 heteroatoms. The van der Waals surface area contributed by atoms with Crippen LogP contribution in [0.25, 0.3) is 0 Å². The molecule has 0 atom stereocenters. The Labute approximate surface area is 141 Å². The molecule has 0 amide bonds. The number of carbonyl (C=O) groups is 1. The van der Waals surface area contributed by atoms with E-state index < -0.39 is 11.7 Å². The SMILES string of the molecule is C\C=C/C(=C\C)C(=C/C)/C=C(\C(C)=N\C(=C/C)C(C)=O)C(F)(F)F. The summed E-state index contributed by atoms with van der Waals surface area (Å²) in [5.41, 5.74) is -0.0137. The molecule has 132 valence electrons. The molecule has 0 unspecified atom stereocenters. The van der Waals surface area contributed by atoms with Crippen molar-refractivity contribution in [3.05, 3.63) is 58.9 Å². The summed E-state index contributed by atoms with van der Waals surface area (Å²) in [6.07, 6.45) is 4.71. The number of aliphatic imine (C=N–C) groups is 1. The van der Waals surface area contributed by atoms with Crippen LogP contribution in [0.2, 0.25) is 0 Å². The third kappa shape index (κ3) is 6.52. The van der Waals surface area contributed by atoms with E-state index in [9.17, 15) is 18.0 Å². The van der Waals surface area contributed by atoms with Crippen LogP contribution in [-0.4, -0.2) is 17.7 Å². The van der Waals surface area contributed by atoms with Crippen LogP contribution in [0.5, 0.6) is 0 Å². The molecule has 24 heavy (non-hydrogen) atoms. The van der Waals surface area contributed by atoms with Crippen LogP contribution in [0.3, 0.4) is 0 Å². The van der Waals surface area contributed by atoms with Gasteiger partial charge in [0.2, 0.25) is 0 Å². The predicted molar refractivity (Wildman–Crippen MR) is 94.0 cm³/mol. The lowest BCUT2D eigenvalue weighted by Crippen LogP contribution is -2.19. The molecule has 0 radical (unpaired) electrons. The number of rotatable bonds is 6. The highest BCUT2D eigenvalue weighted by Gasteiger charge is 2.35. The Morgan fingerprint density at radius 1 is 0.917 bits per heavy atom. The van der Waals surface area contributed by atoms with Crippen LogP contribution in [0.4, 0.5) is 13.2 Å². The maximum Gasteiger partial charge on any atom is 0.418 e. The monoisotopic (exact) mass is 339 g/mol. The molecular formula is C19H24F3NO. The van der Waals surface area contributed by atoms with Crippen molar-refractivity contribution >= 4 is 11.5 Å². The zero-order valence-electron chi connectivity index (χ0n) is 15.0. The lowest BCUT2D eigenvalue weighted by molar-refractivity contribution is -0.113. The first-order valence-corrected chi connectivity index (χ1v) is 7.59. The minimum absolute atomic E-state index is 0.00406. The summed E-state index contributed by atoms with van der Waals surface area (Å²) in [7, 11) is 0. The number of halogens is 3. The normalized spacial score (nSPS) is 16.1. The number of carbonyl (C=O) groups excluding carboxylic acids is 1. The fourth-order valence-corrected chi connectivity index (χ4v) is 2.01. The number of hydrogen-bond donors (Lipinski definition) is 0. The molecule has 0 aliphatic carbocycles. The summed E-state index contributed by atoms with van der Waals surface area (Å²) in [5, 5.41) is 0. The number of Topliss-reactive ketones (excluding diaryl/α,β-unsaturated/α-hetero) is 1. The van der Waals surface area contributed by atoms with Crippen molar-refractivity contribution in [3.63, 3.8) is 0 Å². The van der Waals surface area contributed by atoms with Crippen LogP contribution in [0.15, 0.2) is 63.9 Å². The molecule has 0 saturated carbocycles. The quantitative estimate of drug-likeness (QED) is 0.337. The molecule has 0 heterocycles. The molecule has 0 N–H and O–H groups in total. The molecule has 0 aliphatic heterocycles. The Bertz CT molecular complexity index is 642.